The first-order valence-corrected chi connectivity index (χ1v) is 9.46. The van der Waals surface area contributed by atoms with Gasteiger partial charge in [0.25, 0.3) is 11.9 Å². The summed E-state index contributed by atoms with van der Waals surface area (Å²) >= 11 is 0. The maximum Gasteiger partial charge on any atom is 0.270 e. The summed E-state index contributed by atoms with van der Waals surface area (Å²) in [6.07, 6.45) is -4.90. The van der Waals surface area contributed by atoms with Crippen LogP contribution in [0.5, 0.6) is 28.7 Å². The fourth-order valence-electron chi connectivity index (χ4n) is 3.51. The van der Waals surface area contributed by atoms with Gasteiger partial charge in [0.05, 0.1) is 25.3 Å². The molecule has 2 heterocycles. The zero-order valence-corrected chi connectivity index (χ0v) is 16.4. The first-order chi connectivity index (χ1) is 14.8. The molecule has 0 amide bonds. The summed E-state index contributed by atoms with van der Waals surface area (Å²) in [5.41, 5.74) is 0.820. The molecule has 5 unspecified atom stereocenters. The van der Waals surface area contributed by atoms with E-state index in [9.17, 15) is 30.6 Å². The molecule has 1 saturated heterocycles. The molecule has 1 fully saturated rings. The van der Waals surface area contributed by atoms with Gasteiger partial charge in [-0.25, -0.2) is 0 Å². The molecule has 0 bridgehead atoms. The minimum Gasteiger partial charge on any atom is -0.571 e. The molecule has 2 aromatic carbocycles. The van der Waals surface area contributed by atoms with Crippen molar-refractivity contribution >= 4 is 6.08 Å². The van der Waals surface area contributed by atoms with Crippen LogP contribution >= 0.6 is 0 Å². The molecule has 10 heteroatoms. The predicted octanol–water partition coefficient (Wildman–Crippen LogP) is 0.605. The molecule has 7 N–H and O–H groups in total. The molecule has 0 spiro atoms. The third-order valence-corrected chi connectivity index (χ3v) is 5.17. The standard InChI is InChI=1S/C21H22O10/c1-28-16-4-9(2-3-12(16)23)20-17(31-21-19(27)18(26)14(25)8-29-21)7-11-13(24)5-10(22)6-15(11)30-20/h2-7,14,18-27H,8H2,1H3/p+1. The van der Waals surface area contributed by atoms with E-state index >= 15 is 0 Å². The number of phenols is 3. The second kappa shape index (κ2) is 8.16. The highest BCUT2D eigenvalue weighted by Crippen LogP contribution is 2.46. The van der Waals surface area contributed by atoms with Crippen LogP contribution in [-0.4, -0.2) is 73.7 Å². The number of hydrogen-bond donors (Lipinski definition) is 6. The van der Waals surface area contributed by atoms with Crippen LogP contribution in [0.3, 0.4) is 0 Å². The Morgan fingerprint density at radius 1 is 1.00 bits per heavy atom. The van der Waals surface area contributed by atoms with Crippen LogP contribution in [-0.2, 0) is 9.47 Å². The van der Waals surface area contributed by atoms with E-state index in [0.717, 1.165) is 6.07 Å². The van der Waals surface area contributed by atoms with Gasteiger partial charge in [0, 0.05) is 12.1 Å². The van der Waals surface area contributed by atoms with E-state index in [4.69, 9.17) is 14.2 Å². The molecule has 0 saturated carbocycles. The Morgan fingerprint density at radius 2 is 1.77 bits per heavy atom. The van der Waals surface area contributed by atoms with Crippen molar-refractivity contribution in [2.24, 2.45) is 0 Å². The zero-order chi connectivity index (χ0) is 22.3. The van der Waals surface area contributed by atoms with E-state index in [1.807, 2.05) is 0 Å². The summed E-state index contributed by atoms with van der Waals surface area (Å²) in [4.78, 5) is 0. The highest BCUT2D eigenvalue weighted by atomic mass is 16.7. The van der Waals surface area contributed by atoms with E-state index < -0.39 is 30.7 Å². The molecular formula is C21H23O10+. The average Bonchev–Trinajstić information content (AvgIpc) is 2.74. The Kier molecular flexibility index (Phi) is 5.54. The van der Waals surface area contributed by atoms with E-state index in [0.29, 0.717) is 11.3 Å². The number of aromatic hydroxyl groups is 4. The maximum absolute atomic E-state index is 10.2. The number of fused-ring (bicyclic) bond motifs is 1. The fraction of sp³-hybridized carbons (Fsp3) is 0.333. The third kappa shape index (κ3) is 3.93. The normalized spacial score (nSPS) is 27.6. The molecular weight excluding hydrogens is 412 g/mol. The van der Waals surface area contributed by atoms with Crippen LogP contribution < -0.4 is 4.74 Å². The van der Waals surface area contributed by atoms with Crippen LogP contribution in [0.1, 0.15) is 17.2 Å². The van der Waals surface area contributed by atoms with Gasteiger partial charge in [0.2, 0.25) is 6.29 Å². The Labute approximate surface area is 176 Å². The van der Waals surface area contributed by atoms with Gasteiger partial charge in [0.1, 0.15) is 35.4 Å². The van der Waals surface area contributed by atoms with Gasteiger partial charge in [0.15, 0.2) is 17.3 Å². The summed E-state index contributed by atoms with van der Waals surface area (Å²) in [5, 5.41) is 59.8. The van der Waals surface area contributed by atoms with Crippen molar-refractivity contribution in [2.45, 2.75) is 30.7 Å². The van der Waals surface area contributed by atoms with Crippen molar-refractivity contribution < 1.29 is 49.6 Å². The van der Waals surface area contributed by atoms with Crippen molar-refractivity contribution in [1.29, 1.82) is 0 Å². The highest BCUT2D eigenvalue weighted by Gasteiger charge is 2.42. The molecule has 166 valence electrons. The predicted molar refractivity (Wildman–Crippen MR) is 106 cm³/mol. The van der Waals surface area contributed by atoms with Crippen molar-refractivity contribution in [3.05, 3.63) is 47.2 Å². The SMILES string of the molecule is COc1cc(C2[OH+]c3cc(O)cc(O)c3C=C2OC2OCC(O)C(O)C2O)ccc1O. The summed E-state index contributed by atoms with van der Waals surface area (Å²) in [6, 6.07) is 7.08. The molecule has 5 atom stereocenters. The minimum absolute atomic E-state index is 0.0765. The number of methoxy groups -OCH3 is 1. The maximum atomic E-state index is 10.2. The lowest BCUT2D eigenvalue weighted by Gasteiger charge is -2.36. The summed E-state index contributed by atoms with van der Waals surface area (Å²) < 4.78 is 20.9. The van der Waals surface area contributed by atoms with E-state index in [1.54, 1.807) is 12.1 Å². The number of benzene rings is 2. The summed E-state index contributed by atoms with van der Waals surface area (Å²) in [7, 11) is 1.40. The zero-order valence-electron chi connectivity index (χ0n) is 16.4. The van der Waals surface area contributed by atoms with Gasteiger partial charge in [-0.1, -0.05) is 0 Å². The van der Waals surface area contributed by atoms with Gasteiger partial charge in [-0.15, -0.1) is 0 Å². The van der Waals surface area contributed by atoms with Gasteiger partial charge in [-0.2, -0.15) is 0 Å². The smallest absolute Gasteiger partial charge is 0.270 e. The Morgan fingerprint density at radius 3 is 2.52 bits per heavy atom. The van der Waals surface area contributed by atoms with Crippen LogP contribution in [0.4, 0.5) is 0 Å². The van der Waals surface area contributed by atoms with Crippen LogP contribution in [0.2, 0.25) is 0 Å². The average molecular weight is 435 g/mol. The van der Waals surface area contributed by atoms with Crippen molar-refractivity contribution in [1.82, 2.24) is 0 Å². The first kappa shape index (κ1) is 21.1. The fourth-order valence-corrected chi connectivity index (χ4v) is 3.51. The van der Waals surface area contributed by atoms with E-state index in [2.05, 4.69) is 4.74 Å². The second-order valence-electron chi connectivity index (χ2n) is 7.28. The molecule has 31 heavy (non-hydrogen) atoms. The molecule has 4 rings (SSSR count). The highest BCUT2D eigenvalue weighted by molar-refractivity contribution is 5.69. The topological polar surface area (TPSA) is 162 Å². The Hall–Kier alpha value is -3.18. The molecule has 2 aliphatic rings. The monoisotopic (exact) mass is 435 g/mol. The first-order valence-electron chi connectivity index (χ1n) is 9.46. The van der Waals surface area contributed by atoms with Crippen LogP contribution in [0.15, 0.2) is 36.1 Å². The summed E-state index contributed by atoms with van der Waals surface area (Å²) in [5.74, 6) is 0.165. The van der Waals surface area contributed by atoms with E-state index in [-0.39, 0.29) is 40.9 Å². The van der Waals surface area contributed by atoms with E-state index in [1.165, 1.54) is 25.3 Å². The number of phenolic OH excluding ortho intramolecular Hbond substituents is 3. The van der Waals surface area contributed by atoms with Crippen molar-refractivity contribution in [3.8, 4) is 28.7 Å². The molecule has 10 nitrogen and oxygen atoms in total. The largest absolute Gasteiger partial charge is 0.571 e. The van der Waals surface area contributed by atoms with Crippen molar-refractivity contribution in [3.63, 3.8) is 0 Å². The minimum atomic E-state index is -1.53. The number of aliphatic hydroxyl groups is 4. The van der Waals surface area contributed by atoms with Gasteiger partial charge >= 0.3 is 0 Å². The Bertz CT molecular complexity index is 1000. The van der Waals surface area contributed by atoms with Gasteiger partial charge in [-0.05, 0) is 18.2 Å². The number of rotatable bonds is 4. The van der Waals surface area contributed by atoms with Crippen LogP contribution in [0.25, 0.3) is 6.08 Å². The lowest BCUT2D eigenvalue weighted by Crippen LogP contribution is -2.53. The summed E-state index contributed by atoms with van der Waals surface area (Å²) in [6.45, 7) is -0.249. The third-order valence-electron chi connectivity index (χ3n) is 5.17. The Balaban J connectivity index is 1.74. The molecule has 0 aromatic heterocycles. The number of hydrogen-bond acceptors (Lipinski definition) is 9. The lowest BCUT2D eigenvalue weighted by molar-refractivity contribution is -0.263. The number of aliphatic hydroxyl groups excluding tert-OH is 3. The lowest BCUT2D eigenvalue weighted by atomic mass is 10.0. The quantitative estimate of drug-likeness (QED) is 0.378. The molecule has 2 aliphatic heterocycles. The molecule has 0 radical (unpaired) electrons. The molecule has 2 aromatic rings. The van der Waals surface area contributed by atoms with Gasteiger partial charge in [-0.3, -0.25) is 0 Å². The number of ether oxygens (including phenoxy) is 4. The van der Waals surface area contributed by atoms with Crippen LogP contribution in [0, 0.1) is 0 Å². The van der Waals surface area contributed by atoms with Gasteiger partial charge < -0.3 is 49.6 Å². The second-order valence-corrected chi connectivity index (χ2v) is 7.28. The molecule has 0 aliphatic carbocycles. The van der Waals surface area contributed by atoms with Crippen molar-refractivity contribution in [2.75, 3.05) is 13.7 Å².